The molecule has 0 heterocycles. The fourth-order valence-corrected chi connectivity index (χ4v) is 8.92. The molecule has 0 radical (unpaired) electrons. The van der Waals surface area contributed by atoms with Crippen LogP contribution in [0.3, 0.4) is 0 Å². The summed E-state index contributed by atoms with van der Waals surface area (Å²) in [6, 6.07) is 0. The number of carbonyl (C=O) groups is 1. The standard InChI is InChI=1S/C57H114O4/c1-4-7-10-13-16-19-22-25-28-29-30-31-32-33-36-39-42-45-48-51-54-61-57(58)56(60-53-50-47-44-41-38-35-27-24-21-18-15-12-9-6-3)55-59-52-49-46-43-40-37-34-26-23-20-17-14-11-8-5-2/h56H,4-55H2,1-3H3. The Balaban J connectivity index is 4.04. The summed E-state index contributed by atoms with van der Waals surface area (Å²) in [5, 5.41) is 0. The third-order valence-electron chi connectivity index (χ3n) is 13.2. The predicted octanol–water partition coefficient (Wildman–Crippen LogP) is 19.7. The fraction of sp³-hybridized carbons (Fsp3) is 0.982. The summed E-state index contributed by atoms with van der Waals surface area (Å²) in [7, 11) is 0. The van der Waals surface area contributed by atoms with Gasteiger partial charge in [-0.1, -0.05) is 310 Å². The maximum absolute atomic E-state index is 13.1. The predicted molar refractivity (Wildman–Crippen MR) is 270 cm³/mol. The zero-order valence-corrected chi connectivity index (χ0v) is 42.5. The van der Waals surface area contributed by atoms with Gasteiger partial charge in [-0.2, -0.15) is 0 Å². The third-order valence-corrected chi connectivity index (χ3v) is 13.2. The monoisotopic (exact) mass is 863 g/mol. The Bertz CT molecular complexity index is 785. The van der Waals surface area contributed by atoms with Crippen LogP contribution in [0.4, 0.5) is 0 Å². The molecule has 61 heavy (non-hydrogen) atoms. The van der Waals surface area contributed by atoms with Crippen LogP contribution >= 0.6 is 0 Å². The van der Waals surface area contributed by atoms with Crippen LogP contribution in [0, 0.1) is 0 Å². The Morgan fingerprint density at radius 2 is 0.492 bits per heavy atom. The van der Waals surface area contributed by atoms with Crippen molar-refractivity contribution in [1.82, 2.24) is 0 Å². The van der Waals surface area contributed by atoms with Crippen molar-refractivity contribution in [3.05, 3.63) is 0 Å². The van der Waals surface area contributed by atoms with E-state index in [1.165, 1.54) is 283 Å². The largest absolute Gasteiger partial charge is 0.464 e. The van der Waals surface area contributed by atoms with Crippen molar-refractivity contribution in [2.24, 2.45) is 0 Å². The second kappa shape index (κ2) is 55.5. The second-order valence-corrected chi connectivity index (χ2v) is 19.5. The van der Waals surface area contributed by atoms with Crippen molar-refractivity contribution >= 4 is 5.97 Å². The highest BCUT2D eigenvalue weighted by atomic mass is 16.6. The van der Waals surface area contributed by atoms with Gasteiger partial charge >= 0.3 is 5.97 Å². The van der Waals surface area contributed by atoms with Crippen LogP contribution in [0.5, 0.6) is 0 Å². The molecule has 4 heteroatoms. The molecule has 0 saturated carbocycles. The lowest BCUT2D eigenvalue weighted by Gasteiger charge is -2.17. The molecule has 0 aromatic heterocycles. The maximum Gasteiger partial charge on any atom is 0.337 e. The number of hydrogen-bond donors (Lipinski definition) is 0. The molecular formula is C57H114O4. The van der Waals surface area contributed by atoms with Crippen molar-refractivity contribution < 1.29 is 19.0 Å². The van der Waals surface area contributed by atoms with E-state index in [2.05, 4.69) is 20.8 Å². The first kappa shape index (κ1) is 60.4. The quantitative estimate of drug-likeness (QED) is 0.0451. The van der Waals surface area contributed by atoms with Crippen LogP contribution in [0.25, 0.3) is 0 Å². The Morgan fingerprint density at radius 3 is 0.754 bits per heavy atom. The van der Waals surface area contributed by atoms with Crippen molar-refractivity contribution in [3.8, 4) is 0 Å². The summed E-state index contributed by atoms with van der Waals surface area (Å²) >= 11 is 0. The van der Waals surface area contributed by atoms with Crippen LogP contribution in [-0.2, 0) is 19.0 Å². The van der Waals surface area contributed by atoms with E-state index in [0.29, 0.717) is 26.4 Å². The summed E-state index contributed by atoms with van der Waals surface area (Å²) in [5.41, 5.74) is 0. The summed E-state index contributed by atoms with van der Waals surface area (Å²) in [6.07, 6.45) is 64.7. The Labute approximate surface area is 385 Å². The molecule has 0 saturated heterocycles. The SMILES string of the molecule is CCCCCCCCCCCCCCCCCCCCCCOC(=O)C(COCCCCCCCCCCCCCCCC)OCCCCCCCCCCCCCCCC. The molecule has 0 aliphatic heterocycles. The minimum absolute atomic E-state index is 0.218. The average molecular weight is 864 g/mol. The first-order valence-corrected chi connectivity index (χ1v) is 28.6. The van der Waals surface area contributed by atoms with Gasteiger partial charge in [0.2, 0.25) is 0 Å². The highest BCUT2D eigenvalue weighted by molar-refractivity contribution is 5.74. The van der Waals surface area contributed by atoms with E-state index in [4.69, 9.17) is 14.2 Å². The van der Waals surface area contributed by atoms with Gasteiger partial charge in [-0.15, -0.1) is 0 Å². The highest BCUT2D eigenvalue weighted by Crippen LogP contribution is 2.17. The van der Waals surface area contributed by atoms with E-state index in [1.54, 1.807) is 0 Å². The van der Waals surface area contributed by atoms with Gasteiger partial charge in [0.15, 0.2) is 6.10 Å². The number of rotatable bonds is 55. The van der Waals surface area contributed by atoms with Crippen molar-refractivity contribution in [2.45, 2.75) is 335 Å². The minimum atomic E-state index is -0.585. The lowest BCUT2D eigenvalue weighted by Crippen LogP contribution is -2.32. The molecule has 1 atom stereocenters. The molecule has 4 nitrogen and oxygen atoms in total. The summed E-state index contributed by atoms with van der Waals surface area (Å²) in [4.78, 5) is 13.1. The van der Waals surface area contributed by atoms with Gasteiger partial charge in [0, 0.05) is 13.2 Å². The van der Waals surface area contributed by atoms with E-state index in [0.717, 1.165) is 25.7 Å². The molecule has 0 aromatic rings. The van der Waals surface area contributed by atoms with Gasteiger partial charge < -0.3 is 14.2 Å². The molecule has 366 valence electrons. The van der Waals surface area contributed by atoms with Crippen LogP contribution in [0.15, 0.2) is 0 Å². The summed E-state index contributed by atoms with van der Waals surface area (Å²) in [6.45, 7) is 9.06. The molecule has 0 rings (SSSR count). The first-order chi connectivity index (χ1) is 30.3. The van der Waals surface area contributed by atoms with Crippen LogP contribution in [0.2, 0.25) is 0 Å². The van der Waals surface area contributed by atoms with E-state index >= 15 is 0 Å². The molecule has 1 unspecified atom stereocenters. The van der Waals surface area contributed by atoms with Gasteiger partial charge in [-0.05, 0) is 19.3 Å². The van der Waals surface area contributed by atoms with E-state index in [-0.39, 0.29) is 5.97 Å². The first-order valence-electron chi connectivity index (χ1n) is 28.6. The van der Waals surface area contributed by atoms with Crippen molar-refractivity contribution in [3.63, 3.8) is 0 Å². The zero-order valence-electron chi connectivity index (χ0n) is 42.5. The summed E-state index contributed by atoms with van der Waals surface area (Å²) < 4.78 is 17.9. The Hall–Kier alpha value is -0.610. The van der Waals surface area contributed by atoms with Crippen molar-refractivity contribution in [2.75, 3.05) is 26.4 Å². The van der Waals surface area contributed by atoms with E-state index in [9.17, 15) is 4.79 Å². The molecule has 0 N–H and O–H groups in total. The van der Waals surface area contributed by atoms with Gasteiger partial charge in [0.1, 0.15) is 0 Å². The van der Waals surface area contributed by atoms with E-state index in [1.807, 2.05) is 0 Å². The van der Waals surface area contributed by atoms with Crippen LogP contribution in [-0.4, -0.2) is 38.5 Å². The van der Waals surface area contributed by atoms with Crippen LogP contribution in [0.1, 0.15) is 329 Å². The average Bonchev–Trinajstić information content (AvgIpc) is 3.27. The Kier molecular flexibility index (Phi) is 55.0. The smallest absolute Gasteiger partial charge is 0.337 e. The molecule has 0 bridgehead atoms. The maximum atomic E-state index is 13.1. The van der Waals surface area contributed by atoms with Crippen LogP contribution < -0.4 is 0 Å². The van der Waals surface area contributed by atoms with E-state index < -0.39 is 6.10 Å². The number of carbonyl (C=O) groups excluding carboxylic acids is 1. The van der Waals surface area contributed by atoms with Gasteiger partial charge in [0.05, 0.1) is 13.2 Å². The normalized spacial score (nSPS) is 12.1. The third kappa shape index (κ3) is 51.9. The molecule has 0 aliphatic rings. The minimum Gasteiger partial charge on any atom is -0.464 e. The summed E-state index contributed by atoms with van der Waals surface area (Å²) in [5.74, 6) is -0.218. The molecular weight excluding hydrogens is 749 g/mol. The number of esters is 1. The number of ether oxygens (including phenoxy) is 3. The molecule has 0 aromatic carbocycles. The van der Waals surface area contributed by atoms with Crippen molar-refractivity contribution in [1.29, 1.82) is 0 Å². The number of unbranched alkanes of at least 4 members (excludes halogenated alkanes) is 45. The second-order valence-electron chi connectivity index (χ2n) is 19.5. The highest BCUT2D eigenvalue weighted by Gasteiger charge is 2.21. The molecule has 0 aliphatic carbocycles. The number of hydrogen-bond acceptors (Lipinski definition) is 4. The molecule has 0 amide bonds. The van der Waals surface area contributed by atoms with Gasteiger partial charge in [-0.25, -0.2) is 4.79 Å². The molecule has 0 fully saturated rings. The van der Waals surface area contributed by atoms with Gasteiger partial charge in [0.25, 0.3) is 0 Å². The topological polar surface area (TPSA) is 44.8 Å². The van der Waals surface area contributed by atoms with Gasteiger partial charge in [-0.3, -0.25) is 0 Å². The zero-order chi connectivity index (χ0) is 44.0. The molecule has 0 spiro atoms. The Morgan fingerprint density at radius 1 is 0.279 bits per heavy atom. The fourth-order valence-electron chi connectivity index (χ4n) is 8.92. The lowest BCUT2D eigenvalue weighted by molar-refractivity contribution is -0.161. The lowest BCUT2D eigenvalue weighted by atomic mass is 10.0.